The molecule has 0 aliphatic carbocycles. The van der Waals surface area contributed by atoms with E-state index in [-0.39, 0.29) is 0 Å². The molecule has 2 aromatic carbocycles. The van der Waals surface area contributed by atoms with Gasteiger partial charge in [0.05, 0.1) is 0 Å². The highest BCUT2D eigenvalue weighted by Crippen LogP contribution is 2.36. The van der Waals surface area contributed by atoms with Gasteiger partial charge in [0.25, 0.3) is 0 Å². The van der Waals surface area contributed by atoms with Crippen LogP contribution >= 0.6 is 31.9 Å². The zero-order chi connectivity index (χ0) is 16.2. The summed E-state index contributed by atoms with van der Waals surface area (Å²) >= 11 is 7.04. The van der Waals surface area contributed by atoms with Crippen molar-refractivity contribution >= 4 is 31.9 Å². The summed E-state index contributed by atoms with van der Waals surface area (Å²) in [6, 6.07) is 17.5. The highest BCUT2D eigenvalue weighted by Gasteiger charge is 2.28. The normalized spacial score (nSPS) is 11.9. The second-order valence-electron chi connectivity index (χ2n) is 6.70. The molecule has 22 heavy (non-hydrogen) atoms. The van der Waals surface area contributed by atoms with Crippen LogP contribution in [-0.2, 0) is 12.8 Å². The molecule has 0 N–H and O–H groups in total. The molecule has 0 saturated heterocycles. The lowest BCUT2D eigenvalue weighted by molar-refractivity contribution is 0.200. The number of halogens is 2. The Morgan fingerprint density at radius 1 is 0.773 bits per heavy atom. The van der Waals surface area contributed by atoms with Crippen molar-refractivity contribution in [2.75, 3.05) is 0 Å². The summed E-state index contributed by atoms with van der Waals surface area (Å²) < 4.78 is 2.30. The van der Waals surface area contributed by atoms with Gasteiger partial charge in [-0.1, -0.05) is 83.3 Å². The van der Waals surface area contributed by atoms with E-state index < -0.39 is 0 Å². The Balaban J connectivity index is 2.19. The lowest BCUT2D eigenvalue weighted by Gasteiger charge is -2.34. The summed E-state index contributed by atoms with van der Waals surface area (Å²) in [5.74, 6) is 0.639. The van der Waals surface area contributed by atoms with Gasteiger partial charge in [-0.15, -0.1) is 0 Å². The first kappa shape index (κ1) is 17.7. The molecule has 0 nitrogen and oxygen atoms in total. The van der Waals surface area contributed by atoms with Crippen molar-refractivity contribution in [3.05, 3.63) is 68.6 Å². The molecule has 2 heteroatoms. The standard InChI is InChI=1S/C20H24Br2/c1-4-20(2,3)17(13-15-5-9-18(21)10-6-15)14-16-7-11-19(22)12-8-16/h5-12,17H,4,13-14H2,1-3H3. The highest BCUT2D eigenvalue weighted by atomic mass is 79.9. The van der Waals surface area contributed by atoms with Gasteiger partial charge in [-0.05, 0) is 59.6 Å². The van der Waals surface area contributed by atoms with Crippen molar-refractivity contribution in [2.24, 2.45) is 11.3 Å². The molecular formula is C20H24Br2. The van der Waals surface area contributed by atoms with Gasteiger partial charge in [0.1, 0.15) is 0 Å². The monoisotopic (exact) mass is 422 g/mol. The predicted molar refractivity (Wildman–Crippen MR) is 103 cm³/mol. The van der Waals surface area contributed by atoms with Crippen molar-refractivity contribution in [2.45, 2.75) is 40.0 Å². The van der Waals surface area contributed by atoms with Gasteiger partial charge < -0.3 is 0 Å². The maximum absolute atomic E-state index is 3.52. The molecule has 0 radical (unpaired) electrons. The molecule has 0 spiro atoms. The Bertz CT molecular complexity index is 535. The second kappa shape index (κ2) is 7.79. The van der Waals surface area contributed by atoms with E-state index in [1.807, 2.05) is 0 Å². The minimum Gasteiger partial charge on any atom is -0.0649 e. The first-order chi connectivity index (χ1) is 10.4. The molecule has 0 amide bonds. The quantitative estimate of drug-likeness (QED) is 0.466. The summed E-state index contributed by atoms with van der Waals surface area (Å²) in [7, 11) is 0. The van der Waals surface area contributed by atoms with Crippen LogP contribution in [0.15, 0.2) is 57.5 Å². The Morgan fingerprint density at radius 2 is 1.14 bits per heavy atom. The van der Waals surface area contributed by atoms with Gasteiger partial charge in [0.15, 0.2) is 0 Å². The van der Waals surface area contributed by atoms with Gasteiger partial charge >= 0.3 is 0 Å². The summed E-state index contributed by atoms with van der Waals surface area (Å²) in [5.41, 5.74) is 3.18. The van der Waals surface area contributed by atoms with Gasteiger partial charge in [-0.25, -0.2) is 0 Å². The topological polar surface area (TPSA) is 0 Å². The van der Waals surface area contributed by atoms with E-state index in [4.69, 9.17) is 0 Å². The zero-order valence-electron chi connectivity index (χ0n) is 13.6. The van der Waals surface area contributed by atoms with Crippen LogP contribution in [0.3, 0.4) is 0 Å². The Labute approximate surface area is 151 Å². The average molecular weight is 424 g/mol. The maximum atomic E-state index is 3.52. The van der Waals surface area contributed by atoms with Crippen LogP contribution in [0, 0.1) is 11.3 Å². The minimum atomic E-state index is 0.333. The third-order valence-electron chi connectivity index (χ3n) is 4.81. The minimum absolute atomic E-state index is 0.333. The molecular weight excluding hydrogens is 400 g/mol. The first-order valence-electron chi connectivity index (χ1n) is 7.89. The zero-order valence-corrected chi connectivity index (χ0v) is 16.7. The average Bonchev–Trinajstić information content (AvgIpc) is 2.51. The van der Waals surface area contributed by atoms with Crippen LogP contribution in [0.2, 0.25) is 0 Å². The third kappa shape index (κ3) is 4.96. The Morgan fingerprint density at radius 3 is 1.45 bits per heavy atom. The fourth-order valence-electron chi connectivity index (χ4n) is 2.72. The number of hydrogen-bond acceptors (Lipinski definition) is 0. The van der Waals surface area contributed by atoms with Gasteiger partial charge in [0.2, 0.25) is 0 Å². The van der Waals surface area contributed by atoms with E-state index in [1.54, 1.807) is 0 Å². The van der Waals surface area contributed by atoms with Crippen LogP contribution in [-0.4, -0.2) is 0 Å². The van der Waals surface area contributed by atoms with E-state index in [9.17, 15) is 0 Å². The molecule has 118 valence electrons. The SMILES string of the molecule is CCC(C)(C)C(Cc1ccc(Br)cc1)Cc1ccc(Br)cc1. The molecule has 0 aliphatic heterocycles. The van der Waals surface area contributed by atoms with E-state index in [2.05, 4.69) is 101 Å². The molecule has 0 atom stereocenters. The fraction of sp³-hybridized carbons (Fsp3) is 0.400. The van der Waals surface area contributed by atoms with Gasteiger partial charge in [-0.2, -0.15) is 0 Å². The van der Waals surface area contributed by atoms with E-state index in [1.165, 1.54) is 17.5 Å². The van der Waals surface area contributed by atoms with Crippen LogP contribution in [0.25, 0.3) is 0 Å². The maximum Gasteiger partial charge on any atom is 0.0175 e. The summed E-state index contributed by atoms with van der Waals surface area (Å²) in [6.07, 6.45) is 3.46. The van der Waals surface area contributed by atoms with E-state index in [0.29, 0.717) is 11.3 Å². The van der Waals surface area contributed by atoms with Crippen molar-refractivity contribution < 1.29 is 0 Å². The molecule has 0 saturated carbocycles. The largest absolute Gasteiger partial charge is 0.0649 e. The van der Waals surface area contributed by atoms with E-state index in [0.717, 1.165) is 21.8 Å². The predicted octanol–water partition coefficient (Wildman–Crippen LogP) is 7.05. The molecule has 0 bridgehead atoms. The summed E-state index contributed by atoms with van der Waals surface area (Å²) in [6.45, 7) is 7.10. The van der Waals surface area contributed by atoms with Crippen LogP contribution < -0.4 is 0 Å². The molecule has 2 rings (SSSR count). The third-order valence-corrected chi connectivity index (χ3v) is 5.86. The molecule has 0 aromatic heterocycles. The van der Waals surface area contributed by atoms with Gasteiger partial charge in [-0.3, -0.25) is 0 Å². The molecule has 0 fully saturated rings. The van der Waals surface area contributed by atoms with E-state index >= 15 is 0 Å². The number of benzene rings is 2. The first-order valence-corrected chi connectivity index (χ1v) is 9.48. The molecule has 2 aromatic rings. The summed E-state index contributed by atoms with van der Waals surface area (Å²) in [5, 5.41) is 0. The van der Waals surface area contributed by atoms with Crippen molar-refractivity contribution in [1.29, 1.82) is 0 Å². The van der Waals surface area contributed by atoms with Crippen molar-refractivity contribution in [3.63, 3.8) is 0 Å². The number of rotatable bonds is 6. The second-order valence-corrected chi connectivity index (χ2v) is 8.53. The van der Waals surface area contributed by atoms with Crippen LogP contribution in [0.5, 0.6) is 0 Å². The van der Waals surface area contributed by atoms with Gasteiger partial charge in [0, 0.05) is 8.95 Å². The Kier molecular flexibility index (Phi) is 6.28. The van der Waals surface area contributed by atoms with Crippen molar-refractivity contribution in [1.82, 2.24) is 0 Å². The van der Waals surface area contributed by atoms with Crippen LogP contribution in [0.1, 0.15) is 38.3 Å². The molecule has 0 aliphatic rings. The lowest BCUT2D eigenvalue weighted by atomic mass is 9.71. The highest BCUT2D eigenvalue weighted by molar-refractivity contribution is 9.10. The Hall–Kier alpha value is -0.600. The summed E-state index contributed by atoms with van der Waals surface area (Å²) in [4.78, 5) is 0. The molecule has 0 unspecified atom stereocenters. The lowest BCUT2D eigenvalue weighted by Crippen LogP contribution is -2.27. The molecule has 0 heterocycles. The number of hydrogen-bond donors (Lipinski definition) is 0. The fourth-order valence-corrected chi connectivity index (χ4v) is 3.25. The van der Waals surface area contributed by atoms with Crippen LogP contribution in [0.4, 0.5) is 0 Å². The van der Waals surface area contributed by atoms with Crippen molar-refractivity contribution in [3.8, 4) is 0 Å². The smallest absolute Gasteiger partial charge is 0.0175 e.